The minimum Gasteiger partial charge on any atom is -1.00 e. The molecule has 0 aromatic heterocycles. The van der Waals surface area contributed by atoms with Crippen molar-refractivity contribution in [2.45, 2.75) is 0 Å². The van der Waals surface area contributed by atoms with Crippen LogP contribution in [-0.4, -0.2) is 31.7 Å². The van der Waals surface area contributed by atoms with Crippen LogP contribution in [0.3, 0.4) is 0 Å². The number of likely N-dealkylation sites (N-methyl/N-ethyl adjacent to an activating group) is 1. The van der Waals surface area contributed by atoms with Crippen molar-refractivity contribution in [1.82, 2.24) is 0 Å². The largest absolute Gasteiger partial charge is 1.00 e. The molecule has 0 aliphatic heterocycles. The van der Waals surface area contributed by atoms with Gasteiger partial charge in [0.2, 0.25) is 0 Å². The molecule has 0 aliphatic rings. The molecule has 0 spiro atoms. The topological polar surface area (TPSA) is 0 Å². The number of nitrogens with zero attached hydrogens (tertiary/aromatic N) is 1. The van der Waals surface area contributed by atoms with E-state index in [1.54, 1.807) is 0 Å². The van der Waals surface area contributed by atoms with E-state index < -0.39 is 0 Å². The van der Waals surface area contributed by atoms with E-state index in [2.05, 4.69) is 57.1 Å². The van der Waals surface area contributed by atoms with Crippen LogP contribution in [0.2, 0.25) is 0 Å². The monoisotopic (exact) mass is 281 g/mol. The van der Waals surface area contributed by atoms with Crippen molar-refractivity contribution in [2.24, 2.45) is 0 Å². The minimum atomic E-state index is 0. The number of benzene rings is 1. The summed E-state index contributed by atoms with van der Waals surface area (Å²) in [4.78, 5) is 0. The molecule has 0 heterocycles. The van der Waals surface area contributed by atoms with Crippen molar-refractivity contribution in [1.29, 1.82) is 0 Å². The van der Waals surface area contributed by atoms with Crippen LogP contribution in [0.4, 0.5) is 0 Å². The summed E-state index contributed by atoms with van der Waals surface area (Å²) in [5, 5.41) is 0. The van der Waals surface area contributed by atoms with Gasteiger partial charge >= 0.3 is 0 Å². The van der Waals surface area contributed by atoms with E-state index in [0.29, 0.717) is 0 Å². The molecule has 0 saturated carbocycles. The van der Waals surface area contributed by atoms with Crippen LogP contribution < -0.4 is 17.0 Å². The quantitative estimate of drug-likeness (QED) is 0.525. The van der Waals surface area contributed by atoms with Crippen molar-refractivity contribution in [2.75, 3.05) is 27.2 Å². The van der Waals surface area contributed by atoms with Crippen molar-refractivity contribution in [3.63, 3.8) is 0 Å². The zero-order valence-electron chi connectivity index (χ0n) is 10.1. The van der Waals surface area contributed by atoms with Crippen LogP contribution in [0, 0.1) is 0 Å². The highest BCUT2D eigenvalue weighted by Gasteiger charge is 2.08. The number of hydrogen-bond acceptors (Lipinski definition) is 0. The first-order chi connectivity index (χ1) is 7.14. The highest BCUT2D eigenvalue weighted by atomic mass is 79.9. The number of halogens is 1. The predicted octanol–water partition coefficient (Wildman–Crippen LogP) is -0.0338. The van der Waals surface area contributed by atoms with Crippen LogP contribution in [0.25, 0.3) is 6.08 Å². The summed E-state index contributed by atoms with van der Waals surface area (Å²) >= 11 is 0. The highest BCUT2D eigenvalue weighted by Crippen LogP contribution is 2.03. The molecule has 1 aromatic rings. The smallest absolute Gasteiger partial charge is 0.0975 e. The summed E-state index contributed by atoms with van der Waals surface area (Å²) in [6.07, 6.45) is 6.36. The van der Waals surface area contributed by atoms with Gasteiger partial charge in [0.05, 0.1) is 27.2 Å². The van der Waals surface area contributed by atoms with E-state index in [1.165, 1.54) is 5.56 Å². The maximum absolute atomic E-state index is 3.77. The van der Waals surface area contributed by atoms with Crippen LogP contribution in [-0.2, 0) is 0 Å². The Morgan fingerprint density at radius 3 is 2.31 bits per heavy atom. The predicted molar refractivity (Wildman–Crippen MR) is 67.5 cm³/mol. The van der Waals surface area contributed by atoms with Crippen molar-refractivity contribution < 1.29 is 21.5 Å². The third kappa shape index (κ3) is 5.89. The molecule has 1 rings (SSSR count). The third-order valence-corrected chi connectivity index (χ3v) is 2.33. The molecular formula is C14H20BrN. The molecule has 0 N–H and O–H groups in total. The summed E-state index contributed by atoms with van der Waals surface area (Å²) in [6.45, 7) is 5.80. The fourth-order valence-corrected chi connectivity index (χ4v) is 1.46. The Hall–Kier alpha value is -0.860. The molecule has 0 aliphatic carbocycles. The zero-order valence-corrected chi connectivity index (χ0v) is 11.7. The second kappa shape index (κ2) is 7.42. The molecule has 0 fully saturated rings. The lowest BCUT2D eigenvalue weighted by Crippen LogP contribution is -3.00. The molecule has 1 nitrogen and oxygen atoms in total. The average molecular weight is 282 g/mol. The minimum absolute atomic E-state index is 0. The Bertz CT molecular complexity index is 328. The molecule has 0 unspecified atom stereocenters. The fourth-order valence-electron chi connectivity index (χ4n) is 1.46. The van der Waals surface area contributed by atoms with E-state index in [-0.39, 0.29) is 17.0 Å². The van der Waals surface area contributed by atoms with Gasteiger partial charge in [0.1, 0.15) is 0 Å². The Balaban J connectivity index is 0.00000225. The van der Waals surface area contributed by atoms with Crippen molar-refractivity contribution in [3.05, 3.63) is 54.6 Å². The third-order valence-electron chi connectivity index (χ3n) is 2.33. The maximum atomic E-state index is 3.77. The van der Waals surface area contributed by atoms with Gasteiger partial charge in [-0.05, 0) is 17.7 Å². The first kappa shape index (κ1) is 15.1. The molecule has 0 radical (unpaired) electrons. The Morgan fingerprint density at radius 1 is 1.12 bits per heavy atom. The lowest BCUT2D eigenvalue weighted by molar-refractivity contribution is -0.878. The fraction of sp³-hybridized carbons (Fsp3) is 0.286. The molecule has 88 valence electrons. The SMILES string of the molecule is C=CC[N+](C)(C)CC=Cc1ccccc1.[Br-]. The van der Waals surface area contributed by atoms with Gasteiger partial charge in [0.15, 0.2) is 0 Å². The van der Waals surface area contributed by atoms with Crippen molar-refractivity contribution in [3.8, 4) is 0 Å². The number of quaternary nitrogens is 1. The van der Waals surface area contributed by atoms with Gasteiger partial charge in [0, 0.05) is 0 Å². The molecule has 0 bridgehead atoms. The first-order valence-electron chi connectivity index (χ1n) is 5.28. The summed E-state index contributed by atoms with van der Waals surface area (Å²) in [5.41, 5.74) is 1.26. The van der Waals surface area contributed by atoms with Crippen LogP contribution in [0.15, 0.2) is 49.1 Å². The van der Waals surface area contributed by atoms with Crippen LogP contribution in [0.5, 0.6) is 0 Å². The van der Waals surface area contributed by atoms with Gasteiger partial charge in [-0.25, -0.2) is 0 Å². The normalized spacial score (nSPS) is 11.1. The van der Waals surface area contributed by atoms with Crippen LogP contribution >= 0.6 is 0 Å². The van der Waals surface area contributed by atoms with Crippen LogP contribution in [0.1, 0.15) is 5.56 Å². The lowest BCUT2D eigenvalue weighted by Gasteiger charge is -2.26. The van der Waals surface area contributed by atoms with Gasteiger partial charge in [0.25, 0.3) is 0 Å². The summed E-state index contributed by atoms with van der Waals surface area (Å²) in [7, 11) is 4.41. The molecule has 1 aromatic carbocycles. The molecule has 16 heavy (non-hydrogen) atoms. The Kier molecular flexibility index (Phi) is 7.02. The second-order valence-electron chi connectivity index (χ2n) is 4.40. The number of rotatable bonds is 5. The van der Waals surface area contributed by atoms with E-state index in [9.17, 15) is 0 Å². The van der Waals surface area contributed by atoms with Gasteiger partial charge < -0.3 is 21.5 Å². The summed E-state index contributed by atoms with van der Waals surface area (Å²) in [5.74, 6) is 0. The lowest BCUT2D eigenvalue weighted by atomic mass is 10.2. The van der Waals surface area contributed by atoms with Gasteiger partial charge in [-0.3, -0.25) is 0 Å². The van der Waals surface area contributed by atoms with Gasteiger partial charge in [-0.15, -0.1) is 0 Å². The van der Waals surface area contributed by atoms with E-state index in [0.717, 1.165) is 17.6 Å². The highest BCUT2D eigenvalue weighted by molar-refractivity contribution is 5.48. The van der Waals surface area contributed by atoms with Crippen molar-refractivity contribution >= 4 is 6.08 Å². The average Bonchev–Trinajstić information content (AvgIpc) is 2.19. The maximum Gasteiger partial charge on any atom is 0.0975 e. The van der Waals surface area contributed by atoms with Gasteiger partial charge in [-0.2, -0.15) is 0 Å². The van der Waals surface area contributed by atoms with E-state index >= 15 is 0 Å². The zero-order chi connectivity index (χ0) is 11.1. The standard InChI is InChI=1S/C14H20N.BrH/c1-4-12-15(2,3)13-8-11-14-9-6-5-7-10-14;/h4-11H,1,12-13H2,2-3H3;1H/q+1;/p-1. The van der Waals surface area contributed by atoms with E-state index in [1.807, 2.05) is 12.1 Å². The summed E-state index contributed by atoms with van der Waals surface area (Å²) in [6, 6.07) is 10.4. The second-order valence-corrected chi connectivity index (χ2v) is 4.40. The molecule has 0 atom stereocenters. The number of hydrogen-bond donors (Lipinski definition) is 0. The molecular weight excluding hydrogens is 262 g/mol. The van der Waals surface area contributed by atoms with Gasteiger partial charge in [-0.1, -0.05) is 43.0 Å². The summed E-state index contributed by atoms with van der Waals surface area (Å²) < 4.78 is 0.951. The molecule has 0 saturated heterocycles. The molecule has 2 heteroatoms. The first-order valence-corrected chi connectivity index (χ1v) is 5.28. The van der Waals surface area contributed by atoms with E-state index in [4.69, 9.17) is 0 Å². The Labute approximate surface area is 109 Å². The molecule has 0 amide bonds. The Morgan fingerprint density at radius 2 is 1.75 bits per heavy atom.